The Labute approximate surface area is 284 Å². The summed E-state index contributed by atoms with van der Waals surface area (Å²) in [6, 6.07) is 6.35. The first-order valence-corrected chi connectivity index (χ1v) is 17.5. The van der Waals surface area contributed by atoms with Crippen molar-refractivity contribution < 1.29 is 26.7 Å². The fourth-order valence-electron chi connectivity index (χ4n) is 7.80. The second-order valence-electron chi connectivity index (χ2n) is 14.7. The smallest absolute Gasteiger partial charge is 0.278 e. The third kappa shape index (κ3) is 7.17. The third-order valence-electron chi connectivity index (χ3n) is 11.0. The summed E-state index contributed by atoms with van der Waals surface area (Å²) in [5.41, 5.74) is -1.50. The Hall–Kier alpha value is -3.65. The molecule has 6 nitrogen and oxygen atoms in total. The topological polar surface area (TPSA) is 81.9 Å². The van der Waals surface area contributed by atoms with Crippen molar-refractivity contribution in [3.05, 3.63) is 70.0 Å². The Morgan fingerprint density at radius 1 is 1.00 bits per heavy atom. The minimum Gasteiger partial charge on any atom is -0.360 e. The summed E-state index contributed by atoms with van der Waals surface area (Å²) in [6.07, 6.45) is 6.42. The Morgan fingerprint density at radius 3 is 2.41 bits per heavy atom. The number of halogens is 5. The number of ketones is 1. The maximum atomic E-state index is 16.3. The first-order chi connectivity index (χ1) is 23.4. The van der Waals surface area contributed by atoms with Crippen molar-refractivity contribution in [3.63, 3.8) is 0 Å². The standard InChI is InChI=1S/C38H44F5N5O/c1-36(2)28-9-7-10-29(33(28)39)38(42,43)25-13-18-48(19-14-25)17-6-4-3-5-8-26(34(40)41)24-11-12-32(49)30(37(22-44)15-16-37)21-27-31(20-24)45-23-46-35(27)47-36/h7,9-11,21,23,25-26,34H,3-6,8,12-20H2,1-2H3,(H,45,46,47)/b24-11+,30-21+. The van der Waals surface area contributed by atoms with E-state index in [-0.39, 0.29) is 54.8 Å². The van der Waals surface area contributed by atoms with Gasteiger partial charge in [0, 0.05) is 41.4 Å². The van der Waals surface area contributed by atoms with Crippen LogP contribution in [0.3, 0.4) is 0 Å². The van der Waals surface area contributed by atoms with Gasteiger partial charge in [-0.1, -0.05) is 49.1 Å². The molecular formula is C38H44F5N5O. The molecule has 1 unspecified atom stereocenters. The van der Waals surface area contributed by atoms with E-state index in [0.717, 1.165) is 31.9 Å². The van der Waals surface area contributed by atoms with Crippen molar-refractivity contribution in [2.24, 2.45) is 17.3 Å². The molecule has 1 atom stereocenters. The highest BCUT2D eigenvalue weighted by Crippen LogP contribution is 2.53. The maximum Gasteiger partial charge on any atom is 0.278 e. The number of piperidine rings is 1. The number of nitriles is 1. The Morgan fingerprint density at radius 2 is 1.71 bits per heavy atom. The first kappa shape index (κ1) is 35.2. The van der Waals surface area contributed by atoms with E-state index >= 15 is 13.2 Å². The van der Waals surface area contributed by atoms with E-state index in [1.807, 2.05) is 0 Å². The molecule has 11 heteroatoms. The van der Waals surface area contributed by atoms with E-state index in [1.54, 1.807) is 26.0 Å². The quantitative estimate of drug-likeness (QED) is 0.252. The highest BCUT2D eigenvalue weighted by Gasteiger charge is 2.49. The second-order valence-corrected chi connectivity index (χ2v) is 14.7. The van der Waals surface area contributed by atoms with Gasteiger partial charge in [-0.2, -0.15) is 5.26 Å². The molecule has 4 heterocycles. The third-order valence-corrected chi connectivity index (χ3v) is 11.0. The number of carbonyl (C=O) groups is 1. The molecule has 262 valence electrons. The molecule has 2 aliphatic carbocycles. The number of alkyl halides is 4. The number of allylic oxidation sites excluding steroid dienone is 3. The van der Waals surface area contributed by atoms with Crippen LogP contribution < -0.4 is 5.32 Å². The Balaban J connectivity index is 1.47. The number of Topliss-reactive ketones (excluding diaryl/α,β-unsaturated/α-hetero) is 1. The molecule has 1 aromatic heterocycles. The van der Waals surface area contributed by atoms with Crippen molar-refractivity contribution in [1.82, 2.24) is 14.9 Å². The van der Waals surface area contributed by atoms with Crippen LogP contribution >= 0.6 is 0 Å². The van der Waals surface area contributed by atoms with Crippen molar-refractivity contribution in [2.45, 2.75) is 102 Å². The number of fused-ring (bicyclic) bond motifs is 9. The Bertz CT molecular complexity index is 1670. The van der Waals surface area contributed by atoms with E-state index < -0.39 is 46.5 Å². The number of anilines is 1. The number of nitrogens with one attached hydrogen (secondary N) is 1. The van der Waals surface area contributed by atoms with Gasteiger partial charge in [0.1, 0.15) is 18.0 Å². The van der Waals surface area contributed by atoms with Gasteiger partial charge in [-0.3, -0.25) is 4.79 Å². The molecule has 0 radical (unpaired) electrons. The van der Waals surface area contributed by atoms with Crippen molar-refractivity contribution in [2.75, 3.05) is 25.0 Å². The summed E-state index contributed by atoms with van der Waals surface area (Å²) in [4.78, 5) is 24.8. The molecule has 1 saturated carbocycles. The van der Waals surface area contributed by atoms with Crippen LogP contribution in [0.25, 0.3) is 6.08 Å². The first-order valence-electron chi connectivity index (χ1n) is 17.5. The average molecular weight is 682 g/mol. The monoisotopic (exact) mass is 681 g/mol. The number of benzene rings is 1. The summed E-state index contributed by atoms with van der Waals surface area (Å²) >= 11 is 0. The van der Waals surface area contributed by atoms with Crippen LogP contribution in [0.5, 0.6) is 0 Å². The van der Waals surface area contributed by atoms with E-state index in [9.17, 15) is 18.8 Å². The molecule has 1 N–H and O–H groups in total. The van der Waals surface area contributed by atoms with E-state index in [0.29, 0.717) is 49.2 Å². The molecular weight excluding hydrogens is 637 g/mol. The zero-order valence-electron chi connectivity index (χ0n) is 28.2. The summed E-state index contributed by atoms with van der Waals surface area (Å²) in [7, 11) is 0. The molecule has 49 heavy (non-hydrogen) atoms. The largest absolute Gasteiger partial charge is 0.360 e. The van der Waals surface area contributed by atoms with E-state index in [1.165, 1.54) is 18.5 Å². The van der Waals surface area contributed by atoms with Gasteiger partial charge in [0.25, 0.3) is 5.92 Å². The molecule has 1 saturated heterocycles. The van der Waals surface area contributed by atoms with Gasteiger partial charge in [0.05, 0.1) is 28.3 Å². The van der Waals surface area contributed by atoms with Crippen LogP contribution in [0.4, 0.5) is 27.8 Å². The molecule has 0 spiro atoms. The zero-order chi connectivity index (χ0) is 35.0. The number of hydrogen-bond acceptors (Lipinski definition) is 6. The molecule has 5 aliphatic rings. The molecule has 3 aliphatic heterocycles. The average Bonchev–Trinajstić information content (AvgIpc) is 3.85. The van der Waals surface area contributed by atoms with Crippen molar-refractivity contribution >= 4 is 17.7 Å². The number of rotatable bonds is 2. The van der Waals surface area contributed by atoms with E-state index in [2.05, 4.69) is 26.3 Å². The van der Waals surface area contributed by atoms with Gasteiger partial charge in [-0.15, -0.1) is 0 Å². The molecule has 7 rings (SSSR count). The summed E-state index contributed by atoms with van der Waals surface area (Å²) in [5.74, 6) is -6.60. The van der Waals surface area contributed by atoms with Crippen LogP contribution in [0, 0.1) is 34.4 Å². The number of carbonyl (C=O) groups excluding carboxylic acids is 1. The van der Waals surface area contributed by atoms with Gasteiger partial charge in [-0.25, -0.2) is 31.9 Å². The lowest BCUT2D eigenvalue weighted by molar-refractivity contribution is -0.115. The molecule has 2 aromatic rings. The van der Waals surface area contributed by atoms with Crippen LogP contribution in [0.1, 0.15) is 100 Å². The lowest BCUT2D eigenvalue weighted by Crippen LogP contribution is -2.40. The normalized spacial score (nSPS) is 29.0. The van der Waals surface area contributed by atoms with Gasteiger partial charge < -0.3 is 10.2 Å². The molecule has 1 aromatic carbocycles. The van der Waals surface area contributed by atoms with Crippen LogP contribution in [-0.2, 0) is 22.7 Å². The van der Waals surface area contributed by atoms with Crippen molar-refractivity contribution in [1.29, 1.82) is 5.26 Å². The predicted molar refractivity (Wildman–Crippen MR) is 177 cm³/mol. The predicted octanol–water partition coefficient (Wildman–Crippen LogP) is 8.74. The molecule has 2 fully saturated rings. The SMILES string of the molecule is CC1(C)Nc2ncnc3c2/C=C(/C2(C#N)CC2)C(=O)C/C=C(\C3)C(C(F)F)CCCCCCN2CCC(CC2)C(F)(F)c2cccc1c2F. The minimum absolute atomic E-state index is 0.00833. The highest BCUT2D eigenvalue weighted by atomic mass is 19.3. The number of aromatic nitrogens is 2. The van der Waals surface area contributed by atoms with Crippen LogP contribution in [-0.4, -0.2) is 46.7 Å². The Kier molecular flexibility index (Phi) is 10.0. The van der Waals surface area contributed by atoms with Crippen LogP contribution in [0.15, 0.2) is 41.7 Å². The fraction of sp³-hybridized carbons (Fsp3) is 0.579. The van der Waals surface area contributed by atoms with Gasteiger partial charge >= 0.3 is 0 Å². The second kappa shape index (κ2) is 13.9. The van der Waals surface area contributed by atoms with Gasteiger partial charge in [0.2, 0.25) is 6.43 Å². The lowest BCUT2D eigenvalue weighted by atomic mass is 9.83. The summed E-state index contributed by atoms with van der Waals surface area (Å²) < 4.78 is 77.9. The highest BCUT2D eigenvalue weighted by molar-refractivity contribution is 6.03. The summed E-state index contributed by atoms with van der Waals surface area (Å²) in [5, 5.41) is 13.3. The number of nitrogens with zero attached hydrogens (tertiary/aromatic N) is 4. The summed E-state index contributed by atoms with van der Waals surface area (Å²) in [6.45, 7) is 5.04. The van der Waals surface area contributed by atoms with E-state index in [4.69, 9.17) is 0 Å². The van der Waals surface area contributed by atoms with Gasteiger partial charge in [-0.05, 0) is 78.1 Å². The van der Waals surface area contributed by atoms with Crippen LogP contribution in [0.2, 0.25) is 0 Å². The zero-order valence-corrected chi connectivity index (χ0v) is 28.2. The van der Waals surface area contributed by atoms with Crippen molar-refractivity contribution in [3.8, 4) is 6.07 Å². The molecule has 8 bridgehead atoms. The lowest BCUT2D eigenvalue weighted by Gasteiger charge is -2.37. The minimum atomic E-state index is -3.38. The maximum absolute atomic E-state index is 16.3. The molecule has 0 amide bonds. The fourth-order valence-corrected chi connectivity index (χ4v) is 7.80. The van der Waals surface area contributed by atoms with Gasteiger partial charge in [0.15, 0.2) is 5.78 Å². The number of hydrogen-bond donors (Lipinski definition) is 1.